The molecule has 0 aliphatic rings. The highest BCUT2D eigenvalue weighted by Crippen LogP contribution is 2.08. The lowest BCUT2D eigenvalue weighted by Gasteiger charge is -2.22. The summed E-state index contributed by atoms with van der Waals surface area (Å²) in [6.45, 7) is 2.56. The summed E-state index contributed by atoms with van der Waals surface area (Å²) in [6.07, 6.45) is 0. The molecule has 0 bridgehead atoms. The van der Waals surface area contributed by atoms with Crippen molar-refractivity contribution < 1.29 is 0 Å². The Morgan fingerprint density at radius 2 is 1.54 bits per heavy atom. The lowest BCUT2D eigenvalue weighted by Crippen LogP contribution is -2.38. The summed E-state index contributed by atoms with van der Waals surface area (Å²) >= 11 is 0. The third-order valence-corrected chi connectivity index (χ3v) is 3.78. The van der Waals surface area contributed by atoms with E-state index in [-0.39, 0.29) is 0 Å². The lowest BCUT2D eigenvalue weighted by atomic mass is 10.1. The Bertz CT molecular complexity index is 650. The number of aliphatic imine (C=N–C) groups is 1. The van der Waals surface area contributed by atoms with Crippen molar-refractivity contribution in [3.63, 3.8) is 0 Å². The molecule has 4 nitrogen and oxygen atoms in total. The van der Waals surface area contributed by atoms with Gasteiger partial charge in [0.05, 0.1) is 0 Å². The van der Waals surface area contributed by atoms with Gasteiger partial charge in [-0.05, 0) is 30.8 Å². The predicted molar refractivity (Wildman–Crippen MR) is 102 cm³/mol. The van der Waals surface area contributed by atoms with Gasteiger partial charge in [-0.3, -0.25) is 4.99 Å². The average Bonchev–Trinajstić information content (AvgIpc) is 2.56. The van der Waals surface area contributed by atoms with Gasteiger partial charge in [-0.15, -0.1) is 0 Å². The third kappa shape index (κ3) is 5.70. The van der Waals surface area contributed by atoms with Gasteiger partial charge in [0.25, 0.3) is 0 Å². The second-order valence-corrected chi connectivity index (χ2v) is 6.30. The van der Waals surface area contributed by atoms with Crippen molar-refractivity contribution in [1.82, 2.24) is 15.1 Å². The molecule has 128 valence electrons. The molecule has 0 aliphatic heterocycles. The molecule has 0 amide bonds. The number of nitrogens with zero attached hydrogens (tertiary/aromatic N) is 3. The van der Waals surface area contributed by atoms with Gasteiger partial charge < -0.3 is 15.1 Å². The molecular weight excluding hydrogens is 296 g/mol. The molecule has 0 saturated heterocycles. The highest BCUT2D eigenvalue weighted by atomic mass is 15.3. The van der Waals surface area contributed by atoms with Crippen molar-refractivity contribution in [3.05, 3.63) is 71.3 Å². The maximum absolute atomic E-state index is 4.39. The first-order chi connectivity index (χ1) is 11.6. The number of guanidine groups is 1. The van der Waals surface area contributed by atoms with Crippen molar-refractivity contribution in [3.8, 4) is 0 Å². The first-order valence-electron chi connectivity index (χ1n) is 8.26. The Hall–Kier alpha value is -2.33. The van der Waals surface area contributed by atoms with Crippen LogP contribution >= 0.6 is 0 Å². The monoisotopic (exact) mass is 324 g/mol. The summed E-state index contributed by atoms with van der Waals surface area (Å²) in [5.74, 6) is 0.900. The van der Waals surface area contributed by atoms with Crippen molar-refractivity contribution in [2.75, 3.05) is 28.2 Å². The third-order valence-electron chi connectivity index (χ3n) is 3.78. The molecule has 1 N–H and O–H groups in total. The molecule has 0 aromatic heterocycles. The second kappa shape index (κ2) is 9.08. The van der Waals surface area contributed by atoms with E-state index in [1.54, 1.807) is 0 Å². The van der Waals surface area contributed by atoms with Crippen molar-refractivity contribution in [1.29, 1.82) is 0 Å². The topological polar surface area (TPSA) is 30.9 Å². The van der Waals surface area contributed by atoms with Crippen LogP contribution in [-0.4, -0.2) is 44.0 Å². The zero-order valence-corrected chi connectivity index (χ0v) is 15.2. The van der Waals surface area contributed by atoms with Crippen LogP contribution in [0.1, 0.15) is 16.7 Å². The van der Waals surface area contributed by atoms with Crippen LogP contribution in [0.5, 0.6) is 0 Å². The number of hydrogen-bond donors (Lipinski definition) is 1. The normalized spacial score (nSPS) is 11.6. The maximum atomic E-state index is 4.39. The summed E-state index contributed by atoms with van der Waals surface area (Å²) < 4.78 is 0. The molecule has 0 unspecified atom stereocenters. The van der Waals surface area contributed by atoms with E-state index in [9.17, 15) is 0 Å². The smallest absolute Gasteiger partial charge is 0.193 e. The molecule has 4 heteroatoms. The van der Waals surface area contributed by atoms with E-state index in [0.29, 0.717) is 0 Å². The van der Waals surface area contributed by atoms with E-state index in [1.807, 2.05) is 13.1 Å². The Labute approximate surface area is 145 Å². The molecular formula is C20H28N4. The standard InChI is InChI=1S/C20H28N4/c1-21-20(24(4)16-17-9-6-5-7-10-17)22-14-18-11-8-12-19(13-18)15-23(2)3/h5-13H,14-16H2,1-4H3,(H,21,22). The van der Waals surface area contributed by atoms with Crippen LogP contribution < -0.4 is 5.32 Å². The molecule has 0 radical (unpaired) electrons. The summed E-state index contributed by atoms with van der Waals surface area (Å²) in [4.78, 5) is 8.71. The van der Waals surface area contributed by atoms with Crippen LogP contribution in [0.3, 0.4) is 0 Å². The Kier molecular flexibility index (Phi) is 6.82. The fourth-order valence-corrected chi connectivity index (χ4v) is 2.70. The van der Waals surface area contributed by atoms with Crippen LogP contribution in [0.15, 0.2) is 59.6 Å². The lowest BCUT2D eigenvalue weighted by molar-refractivity contribution is 0.402. The minimum absolute atomic E-state index is 0.771. The van der Waals surface area contributed by atoms with Gasteiger partial charge in [0, 0.05) is 33.7 Å². The van der Waals surface area contributed by atoms with Gasteiger partial charge in [-0.25, -0.2) is 0 Å². The van der Waals surface area contributed by atoms with Gasteiger partial charge in [0.1, 0.15) is 0 Å². The van der Waals surface area contributed by atoms with Gasteiger partial charge in [0.2, 0.25) is 0 Å². The molecule has 0 spiro atoms. The van der Waals surface area contributed by atoms with Crippen molar-refractivity contribution in [2.24, 2.45) is 4.99 Å². The number of rotatable bonds is 6. The van der Waals surface area contributed by atoms with Gasteiger partial charge in [-0.2, -0.15) is 0 Å². The molecule has 0 atom stereocenters. The minimum Gasteiger partial charge on any atom is -0.352 e. The zero-order chi connectivity index (χ0) is 17.4. The molecule has 0 fully saturated rings. The first kappa shape index (κ1) is 18.0. The highest BCUT2D eigenvalue weighted by Gasteiger charge is 2.06. The Morgan fingerprint density at radius 1 is 0.875 bits per heavy atom. The number of benzene rings is 2. The van der Waals surface area contributed by atoms with E-state index in [1.165, 1.54) is 16.7 Å². The van der Waals surface area contributed by atoms with E-state index >= 15 is 0 Å². The van der Waals surface area contributed by atoms with Gasteiger partial charge in [-0.1, -0.05) is 54.6 Å². The molecule has 2 rings (SSSR count). The summed E-state index contributed by atoms with van der Waals surface area (Å²) in [5.41, 5.74) is 3.87. The largest absolute Gasteiger partial charge is 0.352 e. The average molecular weight is 324 g/mol. The fourth-order valence-electron chi connectivity index (χ4n) is 2.70. The van der Waals surface area contributed by atoms with Crippen LogP contribution in [0.25, 0.3) is 0 Å². The van der Waals surface area contributed by atoms with Crippen molar-refractivity contribution >= 4 is 5.96 Å². The van der Waals surface area contributed by atoms with E-state index in [2.05, 4.69) is 89.8 Å². The van der Waals surface area contributed by atoms with Crippen LogP contribution in [0.2, 0.25) is 0 Å². The predicted octanol–water partition coefficient (Wildman–Crippen LogP) is 2.96. The fraction of sp³-hybridized carbons (Fsp3) is 0.350. The van der Waals surface area contributed by atoms with E-state index < -0.39 is 0 Å². The summed E-state index contributed by atoms with van der Waals surface area (Å²) in [5, 5.41) is 3.45. The quantitative estimate of drug-likeness (QED) is 0.655. The van der Waals surface area contributed by atoms with Crippen LogP contribution in [0.4, 0.5) is 0 Å². The molecule has 0 saturated carbocycles. The number of hydrogen-bond acceptors (Lipinski definition) is 2. The molecule has 0 heterocycles. The van der Waals surface area contributed by atoms with Crippen LogP contribution in [-0.2, 0) is 19.6 Å². The van der Waals surface area contributed by atoms with Gasteiger partial charge in [0.15, 0.2) is 5.96 Å². The maximum Gasteiger partial charge on any atom is 0.193 e. The van der Waals surface area contributed by atoms with Crippen LogP contribution in [0, 0.1) is 0 Å². The number of nitrogens with one attached hydrogen (secondary N) is 1. The molecule has 24 heavy (non-hydrogen) atoms. The van der Waals surface area contributed by atoms with E-state index in [0.717, 1.165) is 25.6 Å². The Morgan fingerprint density at radius 3 is 2.21 bits per heavy atom. The van der Waals surface area contributed by atoms with Crippen molar-refractivity contribution in [2.45, 2.75) is 19.6 Å². The molecule has 2 aromatic carbocycles. The summed E-state index contributed by atoms with van der Waals surface area (Å²) in [6, 6.07) is 19.1. The van der Waals surface area contributed by atoms with E-state index in [4.69, 9.17) is 0 Å². The van der Waals surface area contributed by atoms with Gasteiger partial charge >= 0.3 is 0 Å². The second-order valence-electron chi connectivity index (χ2n) is 6.30. The Balaban J connectivity index is 1.93. The SMILES string of the molecule is CN=C(NCc1cccc(CN(C)C)c1)N(C)Cc1ccccc1. The molecule has 2 aromatic rings. The minimum atomic E-state index is 0.771. The summed E-state index contributed by atoms with van der Waals surface area (Å²) in [7, 11) is 8.06. The first-order valence-corrected chi connectivity index (χ1v) is 8.26. The zero-order valence-electron chi connectivity index (χ0n) is 15.2. The highest BCUT2D eigenvalue weighted by molar-refractivity contribution is 5.79. The molecule has 0 aliphatic carbocycles.